The highest BCUT2D eigenvalue weighted by molar-refractivity contribution is 5.87. The van der Waals surface area contributed by atoms with Gasteiger partial charge in [-0.1, -0.05) is 95.3 Å². The summed E-state index contributed by atoms with van der Waals surface area (Å²) >= 11 is 0. The summed E-state index contributed by atoms with van der Waals surface area (Å²) in [5.41, 5.74) is 0.582. The third kappa shape index (κ3) is 12.5. The molecule has 0 aliphatic carbocycles. The molecule has 4 amide bonds. The maximum Gasteiger partial charge on any atom is 0.243 e. The van der Waals surface area contributed by atoms with E-state index in [-0.39, 0.29) is 31.8 Å². The van der Waals surface area contributed by atoms with Crippen molar-refractivity contribution >= 4 is 23.8 Å². The average Bonchev–Trinajstić information content (AvgIpc) is 2.93. The summed E-state index contributed by atoms with van der Waals surface area (Å²) in [5.74, 6) is -2.24. The predicted molar refractivity (Wildman–Crippen MR) is 173 cm³/mol. The lowest BCUT2D eigenvalue weighted by molar-refractivity contribution is -0.269. The van der Waals surface area contributed by atoms with E-state index < -0.39 is 58.9 Å². The first-order valence-corrected chi connectivity index (χ1v) is 15.5. The molecule has 0 saturated carbocycles. The van der Waals surface area contributed by atoms with Gasteiger partial charge in [0.2, 0.25) is 17.7 Å². The summed E-state index contributed by atoms with van der Waals surface area (Å²) in [7, 11) is 0. The number of rotatable bonds is 14. The molecule has 0 heterocycles. The zero-order chi connectivity index (χ0) is 33.9. The minimum Gasteiger partial charge on any atom is -0.530 e. The quantitative estimate of drug-likeness (QED) is 0.254. The smallest absolute Gasteiger partial charge is 0.243 e. The maximum atomic E-state index is 13.7. The lowest BCUT2D eigenvalue weighted by atomic mass is 9.77. The predicted octanol–water partition coefficient (Wildman–Crippen LogP) is 3.03. The van der Waals surface area contributed by atoms with E-state index in [2.05, 4.69) is 16.0 Å². The summed E-state index contributed by atoms with van der Waals surface area (Å²) in [4.78, 5) is 53.0. The summed E-state index contributed by atoms with van der Waals surface area (Å²) in [6.07, 6.45) is -2.54. The van der Waals surface area contributed by atoms with Gasteiger partial charge in [-0.15, -0.1) is 0 Å². The van der Waals surface area contributed by atoms with Crippen LogP contribution < -0.4 is 21.1 Å². The molecule has 4 N–H and O–H groups in total. The van der Waals surface area contributed by atoms with Gasteiger partial charge in [0.15, 0.2) is 0 Å². The number of carbonyl (C=O) groups is 4. The van der Waals surface area contributed by atoms with Crippen LogP contribution in [0.5, 0.6) is 0 Å². The second-order valence-corrected chi connectivity index (χ2v) is 14.1. The molecule has 4 atom stereocenters. The van der Waals surface area contributed by atoms with E-state index in [1.807, 2.05) is 77.9 Å². The number of carboxylic acid groups (broad SMARTS) is 1. The zero-order valence-corrected chi connectivity index (χ0v) is 27.9. The number of aliphatic hydroxyl groups excluding tert-OH is 1. The van der Waals surface area contributed by atoms with E-state index in [1.165, 1.54) is 0 Å². The lowest BCUT2D eigenvalue weighted by Crippen LogP contribution is -2.59. The molecule has 0 aromatic heterocycles. The minimum atomic E-state index is -1.48. The molecule has 0 bridgehead atoms. The molecule has 2 aromatic rings. The van der Waals surface area contributed by atoms with Crippen molar-refractivity contribution in [2.45, 2.75) is 98.5 Å². The number of nitrogens with one attached hydrogen (secondary N) is 3. The summed E-state index contributed by atoms with van der Waals surface area (Å²) in [6.45, 7) is 14.6. The van der Waals surface area contributed by atoms with Crippen LogP contribution in [0.15, 0.2) is 60.7 Å². The van der Waals surface area contributed by atoms with Crippen molar-refractivity contribution in [3.63, 3.8) is 0 Å². The summed E-state index contributed by atoms with van der Waals surface area (Å²) < 4.78 is 0. The standard InChI is InChI=1S/C35H52N4O6/c1-23(2)30(39(33(44)45)22-25-17-13-10-14-18-25)32(43)37-27(19-24-15-11-9-12-16-24)28(40)21-36-29(41)20-26(34(3,4)5)31(42)38-35(6,7)8/h9-18,23,26-28,30,40H,19-22H2,1-8H3,(H,36,41)(H,37,43)(H,38,42)(H,44,45)/p-1/t26-,27+,28-,30+/m1/s1. The first-order chi connectivity index (χ1) is 20.9. The Hall–Kier alpha value is -3.92. The van der Waals surface area contributed by atoms with Crippen LogP contribution in [0.2, 0.25) is 0 Å². The Morgan fingerprint density at radius 3 is 1.84 bits per heavy atom. The average molecular weight is 624 g/mol. The molecule has 0 saturated heterocycles. The molecular formula is C35H51N4O6-. The lowest BCUT2D eigenvalue weighted by Gasteiger charge is -2.37. The van der Waals surface area contributed by atoms with Crippen LogP contribution >= 0.6 is 0 Å². The third-order valence-corrected chi connectivity index (χ3v) is 7.51. The van der Waals surface area contributed by atoms with Gasteiger partial charge in [0.1, 0.15) is 12.1 Å². The number of aliphatic hydroxyl groups is 1. The van der Waals surface area contributed by atoms with Gasteiger partial charge in [-0.2, -0.15) is 0 Å². The van der Waals surface area contributed by atoms with Crippen LogP contribution in [0.4, 0.5) is 4.79 Å². The Balaban J connectivity index is 2.23. The van der Waals surface area contributed by atoms with Crippen LogP contribution in [-0.2, 0) is 27.3 Å². The summed E-state index contributed by atoms with van der Waals surface area (Å²) in [6, 6.07) is 16.2. The topological polar surface area (TPSA) is 151 Å². The normalized spacial score (nSPS) is 14.5. The summed E-state index contributed by atoms with van der Waals surface area (Å²) in [5, 5.41) is 32.1. The Morgan fingerprint density at radius 1 is 0.844 bits per heavy atom. The van der Waals surface area contributed by atoms with E-state index in [0.29, 0.717) is 5.56 Å². The largest absolute Gasteiger partial charge is 0.530 e. The van der Waals surface area contributed by atoms with Crippen LogP contribution in [0.25, 0.3) is 0 Å². The Bertz CT molecular complexity index is 1250. The van der Waals surface area contributed by atoms with Crippen molar-refractivity contribution in [1.29, 1.82) is 0 Å². The number of amides is 4. The zero-order valence-electron chi connectivity index (χ0n) is 27.9. The molecule has 0 aliphatic heterocycles. The highest BCUT2D eigenvalue weighted by Crippen LogP contribution is 2.29. The SMILES string of the molecule is CC(C)[C@@H](C(=O)N[C@@H](Cc1ccccc1)[C@H](O)CNC(=O)C[C@H](C(=O)NC(C)(C)C)C(C)(C)C)N(Cc1ccccc1)C(=O)[O-]. The maximum absolute atomic E-state index is 13.7. The molecule has 45 heavy (non-hydrogen) atoms. The van der Waals surface area contributed by atoms with Gasteiger partial charge >= 0.3 is 0 Å². The monoisotopic (exact) mass is 623 g/mol. The van der Waals surface area contributed by atoms with E-state index in [4.69, 9.17) is 0 Å². The molecule has 0 aliphatic rings. The Morgan fingerprint density at radius 2 is 1.38 bits per heavy atom. The van der Waals surface area contributed by atoms with Crippen LogP contribution in [0.1, 0.15) is 72.9 Å². The fraction of sp³-hybridized carbons (Fsp3) is 0.543. The molecular weight excluding hydrogens is 572 g/mol. The highest BCUT2D eigenvalue weighted by Gasteiger charge is 2.36. The molecule has 0 radical (unpaired) electrons. The minimum absolute atomic E-state index is 0.0425. The van der Waals surface area contributed by atoms with Crippen molar-refractivity contribution in [1.82, 2.24) is 20.9 Å². The van der Waals surface area contributed by atoms with Gasteiger partial charge in [-0.05, 0) is 49.7 Å². The second-order valence-electron chi connectivity index (χ2n) is 14.1. The van der Waals surface area contributed by atoms with Gasteiger partial charge in [0.25, 0.3) is 0 Å². The van der Waals surface area contributed by atoms with Gasteiger partial charge in [0, 0.05) is 25.0 Å². The Labute approximate surface area is 268 Å². The van der Waals surface area contributed by atoms with E-state index in [1.54, 1.807) is 38.1 Å². The molecule has 10 nitrogen and oxygen atoms in total. The molecule has 0 fully saturated rings. The number of carbonyl (C=O) groups excluding carboxylic acids is 4. The number of hydrogen-bond acceptors (Lipinski definition) is 6. The van der Waals surface area contributed by atoms with Crippen LogP contribution in [0, 0.1) is 17.3 Å². The van der Waals surface area contributed by atoms with Crippen LogP contribution in [-0.4, -0.2) is 64.1 Å². The fourth-order valence-electron chi connectivity index (χ4n) is 5.15. The second kappa shape index (κ2) is 16.4. The molecule has 0 unspecified atom stereocenters. The molecule has 248 valence electrons. The van der Waals surface area contributed by atoms with Crippen molar-refractivity contribution in [3.8, 4) is 0 Å². The van der Waals surface area contributed by atoms with Crippen LogP contribution in [0.3, 0.4) is 0 Å². The van der Waals surface area contributed by atoms with Gasteiger partial charge < -0.3 is 35.9 Å². The van der Waals surface area contributed by atoms with Crippen molar-refractivity contribution in [2.75, 3.05) is 6.54 Å². The molecule has 10 heteroatoms. The molecule has 2 rings (SSSR count). The van der Waals surface area contributed by atoms with Crippen molar-refractivity contribution in [2.24, 2.45) is 17.3 Å². The molecule has 2 aromatic carbocycles. The highest BCUT2D eigenvalue weighted by atomic mass is 16.4. The Kier molecular flexibility index (Phi) is 13.6. The van der Waals surface area contributed by atoms with Gasteiger partial charge in [0.05, 0.1) is 18.1 Å². The number of nitrogens with zero attached hydrogens (tertiary/aromatic N) is 1. The molecule has 0 spiro atoms. The van der Waals surface area contributed by atoms with E-state index in [9.17, 15) is 29.4 Å². The van der Waals surface area contributed by atoms with Crippen molar-refractivity contribution in [3.05, 3.63) is 71.8 Å². The van der Waals surface area contributed by atoms with E-state index in [0.717, 1.165) is 10.5 Å². The van der Waals surface area contributed by atoms with Gasteiger partial charge in [-0.25, -0.2) is 0 Å². The fourth-order valence-corrected chi connectivity index (χ4v) is 5.15. The van der Waals surface area contributed by atoms with E-state index >= 15 is 0 Å². The first kappa shape index (κ1) is 37.3. The third-order valence-electron chi connectivity index (χ3n) is 7.51. The first-order valence-electron chi connectivity index (χ1n) is 15.5. The van der Waals surface area contributed by atoms with Gasteiger partial charge in [-0.3, -0.25) is 14.4 Å². The number of hydrogen-bond donors (Lipinski definition) is 4. The number of benzene rings is 2. The van der Waals surface area contributed by atoms with Crippen molar-refractivity contribution < 1.29 is 29.4 Å².